The number of hydrogen-bond donors (Lipinski definition) is 2. The predicted octanol–water partition coefficient (Wildman–Crippen LogP) is 6.04. The first-order chi connectivity index (χ1) is 16.4. The van der Waals surface area contributed by atoms with Gasteiger partial charge in [-0.15, -0.1) is 0 Å². The van der Waals surface area contributed by atoms with E-state index in [2.05, 4.69) is 24.5 Å². The van der Waals surface area contributed by atoms with Crippen LogP contribution in [-0.2, 0) is 11.2 Å². The van der Waals surface area contributed by atoms with Crippen LogP contribution in [0.5, 0.6) is 0 Å². The Labute approximate surface area is 198 Å². The minimum atomic E-state index is -0.401. The van der Waals surface area contributed by atoms with Crippen LogP contribution in [0.25, 0.3) is 16.5 Å². The van der Waals surface area contributed by atoms with Crippen molar-refractivity contribution in [3.63, 3.8) is 0 Å². The molecule has 0 spiro atoms. The molecule has 174 valence electrons. The Morgan fingerprint density at radius 3 is 2.53 bits per heavy atom. The molecule has 2 amide bonds. The Morgan fingerprint density at radius 1 is 0.971 bits per heavy atom. The van der Waals surface area contributed by atoms with Crippen LogP contribution in [0.1, 0.15) is 36.8 Å². The average Bonchev–Trinajstić information content (AvgIpc) is 3.20. The minimum absolute atomic E-state index is 0.296. The number of rotatable bonds is 7. The van der Waals surface area contributed by atoms with Crippen LogP contribution in [0.2, 0.25) is 0 Å². The number of hydrogen-bond acceptors (Lipinski definition) is 4. The molecule has 7 heteroatoms. The topological polar surface area (TPSA) is 85.2 Å². The fourth-order valence-corrected chi connectivity index (χ4v) is 3.82. The van der Waals surface area contributed by atoms with Crippen molar-refractivity contribution in [2.45, 2.75) is 27.2 Å². The number of benzene rings is 3. The second-order valence-electron chi connectivity index (χ2n) is 8.41. The molecule has 4 aromatic rings. The molecule has 0 fully saturated rings. The second kappa shape index (κ2) is 10.2. The van der Waals surface area contributed by atoms with E-state index in [9.17, 15) is 9.59 Å². The van der Waals surface area contributed by atoms with E-state index >= 15 is 0 Å². The van der Waals surface area contributed by atoms with E-state index in [1.165, 1.54) is 0 Å². The van der Waals surface area contributed by atoms with E-state index in [-0.39, 0.29) is 6.03 Å². The van der Waals surface area contributed by atoms with Gasteiger partial charge in [0.15, 0.2) is 0 Å². The Kier molecular flexibility index (Phi) is 6.92. The van der Waals surface area contributed by atoms with E-state index in [1.54, 1.807) is 29.8 Å². The van der Waals surface area contributed by atoms with Crippen molar-refractivity contribution >= 4 is 34.3 Å². The summed E-state index contributed by atoms with van der Waals surface area (Å²) in [5.74, 6) is 0.503. The standard InChI is InChI=1S/C27H28N4O3/c1-4-34-26(32)20-11-7-12-22(16-20)31-25(17-21(30-31)15-18(2)3)29-27(33)28-24-14-8-10-19-9-5-6-13-23(19)24/h5-14,16-18H,4,15H2,1-3H3,(H2,28,29,33). The van der Waals surface area contributed by atoms with E-state index < -0.39 is 5.97 Å². The molecule has 2 N–H and O–H groups in total. The number of nitrogens with one attached hydrogen (secondary N) is 2. The van der Waals surface area contributed by atoms with Crippen molar-refractivity contribution in [3.05, 3.63) is 84.1 Å². The zero-order valence-corrected chi connectivity index (χ0v) is 19.5. The van der Waals surface area contributed by atoms with Crippen molar-refractivity contribution < 1.29 is 14.3 Å². The number of urea groups is 1. The van der Waals surface area contributed by atoms with Gasteiger partial charge >= 0.3 is 12.0 Å². The fraction of sp³-hybridized carbons (Fsp3) is 0.222. The van der Waals surface area contributed by atoms with Gasteiger partial charge in [0.25, 0.3) is 0 Å². The summed E-state index contributed by atoms with van der Waals surface area (Å²) in [6.07, 6.45) is 0.754. The molecule has 0 saturated carbocycles. The van der Waals surface area contributed by atoms with Crippen LogP contribution >= 0.6 is 0 Å². The number of nitrogens with zero attached hydrogens (tertiary/aromatic N) is 2. The second-order valence-corrected chi connectivity index (χ2v) is 8.41. The largest absolute Gasteiger partial charge is 0.462 e. The summed E-state index contributed by atoms with van der Waals surface area (Å²) in [4.78, 5) is 25.2. The Balaban J connectivity index is 1.63. The van der Waals surface area contributed by atoms with Gasteiger partial charge in [-0.05, 0) is 48.9 Å². The van der Waals surface area contributed by atoms with Crippen LogP contribution in [0.15, 0.2) is 72.8 Å². The van der Waals surface area contributed by atoms with Crippen LogP contribution in [0, 0.1) is 5.92 Å². The van der Waals surface area contributed by atoms with Gasteiger partial charge in [0.2, 0.25) is 0 Å². The first kappa shape index (κ1) is 23.0. The molecule has 0 atom stereocenters. The fourth-order valence-electron chi connectivity index (χ4n) is 3.82. The molecule has 3 aromatic carbocycles. The highest BCUT2D eigenvalue weighted by atomic mass is 16.5. The molecule has 0 unspecified atom stereocenters. The van der Waals surface area contributed by atoms with Gasteiger partial charge in [-0.3, -0.25) is 5.32 Å². The van der Waals surface area contributed by atoms with E-state index in [4.69, 9.17) is 9.84 Å². The highest BCUT2D eigenvalue weighted by molar-refractivity contribution is 6.06. The zero-order valence-electron chi connectivity index (χ0n) is 19.5. The van der Waals surface area contributed by atoms with Crippen molar-refractivity contribution in [2.75, 3.05) is 17.2 Å². The third-order valence-electron chi connectivity index (χ3n) is 5.26. The van der Waals surface area contributed by atoms with E-state index in [1.807, 2.05) is 54.6 Å². The molecule has 0 bridgehead atoms. The number of ether oxygens (including phenoxy) is 1. The Morgan fingerprint density at radius 2 is 1.74 bits per heavy atom. The Bertz CT molecular complexity index is 1320. The molecule has 0 saturated heterocycles. The van der Waals surface area contributed by atoms with Gasteiger partial charge < -0.3 is 10.1 Å². The molecular weight excluding hydrogens is 428 g/mol. The molecule has 0 aliphatic rings. The summed E-state index contributed by atoms with van der Waals surface area (Å²) in [6.45, 7) is 6.29. The van der Waals surface area contributed by atoms with Crippen LogP contribution in [-0.4, -0.2) is 28.4 Å². The van der Waals surface area contributed by atoms with Gasteiger partial charge in [-0.2, -0.15) is 5.10 Å². The number of amides is 2. The molecule has 0 radical (unpaired) electrons. The summed E-state index contributed by atoms with van der Waals surface area (Å²) in [5, 5.41) is 12.6. The van der Waals surface area contributed by atoms with E-state index in [0.29, 0.717) is 35.3 Å². The number of anilines is 2. The monoisotopic (exact) mass is 456 g/mol. The Hall–Kier alpha value is -4.13. The van der Waals surface area contributed by atoms with Crippen molar-refractivity contribution in [1.29, 1.82) is 0 Å². The third-order valence-corrected chi connectivity index (χ3v) is 5.26. The molecule has 4 rings (SSSR count). The number of aromatic nitrogens is 2. The lowest BCUT2D eigenvalue weighted by Crippen LogP contribution is -2.21. The van der Waals surface area contributed by atoms with Gasteiger partial charge in [0.1, 0.15) is 5.82 Å². The van der Waals surface area contributed by atoms with Gasteiger partial charge in [0, 0.05) is 11.5 Å². The van der Waals surface area contributed by atoms with Gasteiger partial charge in [0.05, 0.1) is 29.2 Å². The van der Waals surface area contributed by atoms with Gasteiger partial charge in [-0.25, -0.2) is 14.3 Å². The highest BCUT2D eigenvalue weighted by Gasteiger charge is 2.16. The van der Waals surface area contributed by atoms with Crippen molar-refractivity contribution in [3.8, 4) is 5.69 Å². The van der Waals surface area contributed by atoms with Crippen LogP contribution in [0.3, 0.4) is 0 Å². The normalized spacial score (nSPS) is 10.9. The molecule has 34 heavy (non-hydrogen) atoms. The smallest absolute Gasteiger partial charge is 0.338 e. The summed E-state index contributed by atoms with van der Waals surface area (Å²) < 4.78 is 6.77. The molecule has 1 heterocycles. The molecule has 0 aliphatic carbocycles. The minimum Gasteiger partial charge on any atom is -0.462 e. The molecule has 0 aliphatic heterocycles. The molecular formula is C27H28N4O3. The lowest BCUT2D eigenvalue weighted by Gasteiger charge is -2.12. The summed E-state index contributed by atoms with van der Waals surface area (Å²) in [7, 11) is 0. The zero-order chi connectivity index (χ0) is 24.1. The van der Waals surface area contributed by atoms with Gasteiger partial charge in [-0.1, -0.05) is 56.3 Å². The third kappa shape index (κ3) is 5.26. The maximum absolute atomic E-state index is 13.0. The number of carbonyl (C=O) groups is 2. The van der Waals surface area contributed by atoms with Crippen LogP contribution < -0.4 is 10.6 Å². The van der Waals surface area contributed by atoms with Crippen LogP contribution in [0.4, 0.5) is 16.3 Å². The number of esters is 1. The summed E-state index contributed by atoms with van der Waals surface area (Å²) >= 11 is 0. The SMILES string of the molecule is CCOC(=O)c1cccc(-n2nc(CC(C)C)cc2NC(=O)Nc2cccc3ccccc23)c1. The average molecular weight is 457 g/mol. The lowest BCUT2D eigenvalue weighted by molar-refractivity contribution is 0.0526. The highest BCUT2D eigenvalue weighted by Crippen LogP contribution is 2.24. The predicted molar refractivity (Wildman–Crippen MR) is 135 cm³/mol. The number of carbonyl (C=O) groups excluding carboxylic acids is 2. The lowest BCUT2D eigenvalue weighted by atomic mass is 10.1. The molecule has 7 nitrogen and oxygen atoms in total. The first-order valence-electron chi connectivity index (χ1n) is 11.4. The van der Waals surface area contributed by atoms with E-state index in [0.717, 1.165) is 22.9 Å². The quantitative estimate of drug-likeness (QED) is 0.332. The summed E-state index contributed by atoms with van der Waals surface area (Å²) in [6, 6.07) is 22.1. The maximum atomic E-state index is 13.0. The summed E-state index contributed by atoms with van der Waals surface area (Å²) in [5.41, 5.74) is 2.64. The maximum Gasteiger partial charge on any atom is 0.338 e. The first-order valence-corrected chi connectivity index (χ1v) is 11.4. The van der Waals surface area contributed by atoms with Crippen molar-refractivity contribution in [1.82, 2.24) is 9.78 Å². The molecule has 1 aromatic heterocycles. The number of fused-ring (bicyclic) bond motifs is 1. The van der Waals surface area contributed by atoms with Crippen molar-refractivity contribution in [2.24, 2.45) is 5.92 Å².